The zero-order valence-electron chi connectivity index (χ0n) is 14.5. The third-order valence-electron chi connectivity index (χ3n) is 4.31. The van der Waals surface area contributed by atoms with Crippen molar-refractivity contribution < 1.29 is 18.0 Å². The lowest BCUT2D eigenvalue weighted by atomic mass is 9.96. The molecule has 0 atom stereocenters. The molecule has 0 radical (unpaired) electrons. The van der Waals surface area contributed by atoms with Crippen LogP contribution in [0.4, 0.5) is 35.3 Å². The van der Waals surface area contributed by atoms with Gasteiger partial charge in [0.25, 0.3) is 0 Å². The van der Waals surface area contributed by atoms with Crippen molar-refractivity contribution in [3.63, 3.8) is 0 Å². The van der Waals surface area contributed by atoms with Gasteiger partial charge in [-0.25, -0.2) is 4.79 Å². The average molecular weight is 379 g/mol. The Bertz CT molecular complexity index is 773. The summed E-state index contributed by atoms with van der Waals surface area (Å²) in [6.45, 7) is 0. The van der Waals surface area contributed by atoms with Crippen molar-refractivity contribution in [2.75, 3.05) is 10.6 Å². The summed E-state index contributed by atoms with van der Waals surface area (Å²) < 4.78 is 38.2. The van der Waals surface area contributed by atoms with Crippen molar-refractivity contribution >= 4 is 23.4 Å². The molecule has 1 heterocycles. The Labute approximate surface area is 154 Å². The van der Waals surface area contributed by atoms with Crippen molar-refractivity contribution in [2.45, 2.75) is 44.3 Å². The molecular formula is C18H20F3N5O. The highest BCUT2D eigenvalue weighted by molar-refractivity contribution is 5.88. The van der Waals surface area contributed by atoms with Gasteiger partial charge in [0.05, 0.1) is 5.56 Å². The molecule has 6 nitrogen and oxygen atoms in total. The number of aromatic nitrogens is 2. The molecule has 3 rings (SSSR count). The summed E-state index contributed by atoms with van der Waals surface area (Å²) in [4.78, 5) is 12.0. The smallest absolute Gasteiger partial charge is 0.339 e. The number of hydrogen-bond donors (Lipinski definition) is 3. The molecule has 1 fully saturated rings. The first kappa shape index (κ1) is 18.9. The molecule has 1 aliphatic carbocycles. The van der Waals surface area contributed by atoms with Gasteiger partial charge >= 0.3 is 12.2 Å². The Morgan fingerprint density at radius 2 is 1.70 bits per heavy atom. The SMILES string of the molecule is O=C(Nc1ccc(Nc2cccc(C(F)(F)F)c2)nn1)NC1CCCCC1. The minimum atomic E-state index is -4.41. The van der Waals surface area contributed by atoms with E-state index in [9.17, 15) is 18.0 Å². The second-order valence-electron chi connectivity index (χ2n) is 6.44. The second kappa shape index (κ2) is 8.24. The van der Waals surface area contributed by atoms with Crippen LogP contribution in [0.15, 0.2) is 36.4 Å². The lowest BCUT2D eigenvalue weighted by molar-refractivity contribution is -0.137. The lowest BCUT2D eigenvalue weighted by Crippen LogP contribution is -2.39. The predicted molar refractivity (Wildman–Crippen MR) is 95.8 cm³/mol. The number of hydrogen-bond acceptors (Lipinski definition) is 4. The Morgan fingerprint density at radius 1 is 1.00 bits per heavy atom. The fourth-order valence-electron chi connectivity index (χ4n) is 2.97. The molecule has 0 spiro atoms. The number of halogens is 3. The molecule has 1 saturated carbocycles. The van der Waals surface area contributed by atoms with Gasteiger partial charge < -0.3 is 10.6 Å². The number of benzene rings is 1. The van der Waals surface area contributed by atoms with Gasteiger partial charge in [0.1, 0.15) is 0 Å². The maximum Gasteiger partial charge on any atom is 0.416 e. The number of rotatable bonds is 4. The van der Waals surface area contributed by atoms with Gasteiger partial charge in [0.15, 0.2) is 11.6 Å². The van der Waals surface area contributed by atoms with E-state index in [1.54, 1.807) is 0 Å². The van der Waals surface area contributed by atoms with Gasteiger partial charge in [0.2, 0.25) is 0 Å². The van der Waals surface area contributed by atoms with Crippen LogP contribution in [0.1, 0.15) is 37.7 Å². The highest BCUT2D eigenvalue weighted by atomic mass is 19.4. The zero-order valence-corrected chi connectivity index (χ0v) is 14.5. The number of carbonyl (C=O) groups excluding carboxylic acids is 1. The van der Waals surface area contributed by atoms with E-state index in [-0.39, 0.29) is 29.4 Å². The fraction of sp³-hybridized carbons (Fsp3) is 0.389. The van der Waals surface area contributed by atoms with Crippen LogP contribution >= 0.6 is 0 Å². The molecule has 2 amide bonds. The van der Waals surface area contributed by atoms with Gasteiger partial charge in [0, 0.05) is 11.7 Å². The molecule has 27 heavy (non-hydrogen) atoms. The standard InChI is InChI=1S/C18H20F3N5O/c19-18(20,21)12-5-4-8-14(11-12)22-15-9-10-16(26-25-15)24-17(27)23-13-6-2-1-3-7-13/h4-5,8-11,13H,1-3,6-7H2,(H,22,25)(H2,23,24,26,27). The highest BCUT2D eigenvalue weighted by Crippen LogP contribution is 2.31. The van der Waals surface area contributed by atoms with Crippen molar-refractivity contribution in [1.29, 1.82) is 0 Å². The number of carbonyl (C=O) groups is 1. The van der Waals surface area contributed by atoms with Crippen molar-refractivity contribution in [3.05, 3.63) is 42.0 Å². The predicted octanol–water partition coefficient (Wildman–Crippen LogP) is 4.69. The topological polar surface area (TPSA) is 78.9 Å². The van der Waals surface area contributed by atoms with Crippen LogP contribution in [0.3, 0.4) is 0 Å². The molecule has 1 aliphatic rings. The van der Waals surface area contributed by atoms with E-state index in [1.165, 1.54) is 30.7 Å². The maximum absolute atomic E-state index is 12.7. The molecule has 0 aliphatic heterocycles. The molecule has 0 unspecified atom stereocenters. The van der Waals surface area contributed by atoms with Crippen LogP contribution in [0.2, 0.25) is 0 Å². The number of anilines is 3. The number of alkyl halides is 3. The van der Waals surface area contributed by atoms with Gasteiger partial charge in [-0.15, -0.1) is 10.2 Å². The van der Waals surface area contributed by atoms with E-state index in [0.29, 0.717) is 0 Å². The largest absolute Gasteiger partial charge is 0.416 e. The molecule has 2 aromatic rings. The minimum absolute atomic E-state index is 0.175. The highest BCUT2D eigenvalue weighted by Gasteiger charge is 2.30. The van der Waals surface area contributed by atoms with Crippen molar-refractivity contribution in [3.8, 4) is 0 Å². The van der Waals surface area contributed by atoms with E-state index in [4.69, 9.17) is 0 Å². The van der Waals surface area contributed by atoms with E-state index in [2.05, 4.69) is 26.1 Å². The first-order valence-electron chi connectivity index (χ1n) is 8.76. The number of nitrogens with one attached hydrogen (secondary N) is 3. The molecule has 0 bridgehead atoms. The lowest BCUT2D eigenvalue weighted by Gasteiger charge is -2.22. The molecule has 0 saturated heterocycles. The van der Waals surface area contributed by atoms with Crippen LogP contribution < -0.4 is 16.0 Å². The number of urea groups is 1. The van der Waals surface area contributed by atoms with E-state index >= 15 is 0 Å². The number of amides is 2. The summed E-state index contributed by atoms with van der Waals surface area (Å²) in [6.07, 6.45) is 0.952. The summed E-state index contributed by atoms with van der Waals surface area (Å²) in [7, 11) is 0. The average Bonchev–Trinajstić information content (AvgIpc) is 2.64. The molecule has 144 valence electrons. The summed E-state index contributed by atoms with van der Waals surface area (Å²) in [5.41, 5.74) is -0.506. The Morgan fingerprint density at radius 3 is 2.37 bits per heavy atom. The summed E-state index contributed by atoms with van der Waals surface area (Å²) in [5, 5.41) is 16.0. The van der Waals surface area contributed by atoms with Crippen LogP contribution in [-0.4, -0.2) is 22.3 Å². The molecular weight excluding hydrogens is 359 g/mol. The Kier molecular flexibility index (Phi) is 5.78. The third kappa shape index (κ3) is 5.57. The monoisotopic (exact) mass is 379 g/mol. The molecule has 3 N–H and O–H groups in total. The van der Waals surface area contributed by atoms with Gasteiger partial charge in [-0.3, -0.25) is 5.32 Å². The first-order chi connectivity index (χ1) is 12.9. The third-order valence-corrected chi connectivity index (χ3v) is 4.31. The van der Waals surface area contributed by atoms with E-state index in [0.717, 1.165) is 37.8 Å². The molecule has 1 aromatic carbocycles. The van der Waals surface area contributed by atoms with Crippen LogP contribution in [0, 0.1) is 0 Å². The summed E-state index contributed by atoms with van der Waals surface area (Å²) in [5.74, 6) is 0.533. The fourth-order valence-corrected chi connectivity index (χ4v) is 2.97. The zero-order chi connectivity index (χ0) is 19.3. The maximum atomic E-state index is 12.7. The summed E-state index contributed by atoms with van der Waals surface area (Å²) in [6, 6.07) is 7.70. The molecule has 1 aromatic heterocycles. The number of nitrogens with zero attached hydrogens (tertiary/aromatic N) is 2. The van der Waals surface area contributed by atoms with Crippen LogP contribution in [-0.2, 0) is 6.18 Å². The van der Waals surface area contributed by atoms with Gasteiger partial charge in [-0.2, -0.15) is 13.2 Å². The first-order valence-corrected chi connectivity index (χ1v) is 8.76. The Balaban J connectivity index is 1.56. The Hall–Kier alpha value is -2.84. The minimum Gasteiger partial charge on any atom is -0.339 e. The second-order valence-corrected chi connectivity index (χ2v) is 6.44. The van der Waals surface area contributed by atoms with Crippen molar-refractivity contribution in [2.24, 2.45) is 0 Å². The normalized spacial score (nSPS) is 15.2. The van der Waals surface area contributed by atoms with Crippen LogP contribution in [0.25, 0.3) is 0 Å². The molecule has 9 heteroatoms. The van der Waals surface area contributed by atoms with E-state index < -0.39 is 11.7 Å². The van der Waals surface area contributed by atoms with Crippen molar-refractivity contribution in [1.82, 2.24) is 15.5 Å². The van der Waals surface area contributed by atoms with Gasteiger partial charge in [-0.1, -0.05) is 25.3 Å². The van der Waals surface area contributed by atoms with Gasteiger partial charge in [-0.05, 0) is 43.2 Å². The van der Waals surface area contributed by atoms with Crippen LogP contribution in [0.5, 0.6) is 0 Å². The summed E-state index contributed by atoms with van der Waals surface area (Å²) >= 11 is 0. The quantitative estimate of drug-likeness (QED) is 0.720. The van der Waals surface area contributed by atoms with E-state index in [1.807, 2.05) is 0 Å².